The molecular formula is C11H13N5O3. The number of anilines is 1. The minimum Gasteiger partial charge on any atom is -0.396 e. The van der Waals surface area contributed by atoms with E-state index in [-0.39, 0.29) is 36.5 Å². The molecule has 2 atom stereocenters. The van der Waals surface area contributed by atoms with Gasteiger partial charge in [0, 0.05) is 18.0 Å². The molecule has 0 saturated heterocycles. The SMILES string of the molecule is Nc1nc2c(ncn2C=C2[C@@H](CO)[C@H]2CO)c(=O)[nH]1. The molecule has 8 heteroatoms. The molecule has 0 bridgehead atoms. The number of nitrogens with one attached hydrogen (secondary N) is 1. The molecule has 8 nitrogen and oxygen atoms in total. The number of nitrogens with two attached hydrogens (primary N) is 1. The third kappa shape index (κ3) is 1.81. The van der Waals surface area contributed by atoms with Crippen LogP contribution >= 0.6 is 0 Å². The lowest BCUT2D eigenvalue weighted by Crippen LogP contribution is -2.11. The van der Waals surface area contributed by atoms with E-state index in [1.54, 1.807) is 10.8 Å². The Bertz CT molecular complexity index is 705. The second-order valence-corrected chi connectivity index (χ2v) is 4.48. The Morgan fingerprint density at radius 1 is 1.42 bits per heavy atom. The normalized spacial score (nSPS) is 24.2. The van der Waals surface area contributed by atoms with Crippen LogP contribution in [0.25, 0.3) is 17.4 Å². The molecule has 0 aromatic carbocycles. The standard InChI is InChI=1S/C11H13N5O3/c12-11-14-9-8(10(19)15-11)13-4-16(9)1-5-6(2-17)7(5)3-18/h1,4,6-7,17-18H,2-3H2,(H3,12,14,15,19)/t6-,7+. The highest BCUT2D eigenvalue weighted by Crippen LogP contribution is 2.45. The Kier molecular flexibility index (Phi) is 2.61. The number of nitrogens with zero attached hydrogens (tertiary/aromatic N) is 3. The van der Waals surface area contributed by atoms with Crippen molar-refractivity contribution >= 4 is 23.3 Å². The zero-order valence-corrected chi connectivity index (χ0v) is 9.95. The van der Waals surface area contributed by atoms with Gasteiger partial charge in [0.2, 0.25) is 5.95 Å². The topological polar surface area (TPSA) is 130 Å². The number of aliphatic hydroxyl groups excluding tert-OH is 2. The summed E-state index contributed by atoms with van der Waals surface area (Å²) in [4.78, 5) is 22.0. The third-order valence-electron chi connectivity index (χ3n) is 3.37. The molecule has 5 N–H and O–H groups in total. The average Bonchev–Trinajstić information content (AvgIpc) is 2.91. The zero-order valence-electron chi connectivity index (χ0n) is 9.95. The van der Waals surface area contributed by atoms with Crippen molar-refractivity contribution in [2.45, 2.75) is 0 Å². The predicted octanol–water partition coefficient (Wildman–Crippen LogP) is -1.23. The second-order valence-electron chi connectivity index (χ2n) is 4.48. The molecule has 1 aliphatic carbocycles. The van der Waals surface area contributed by atoms with E-state index in [1.807, 2.05) is 0 Å². The Hall–Kier alpha value is -2.19. The van der Waals surface area contributed by atoms with Gasteiger partial charge < -0.3 is 15.9 Å². The summed E-state index contributed by atoms with van der Waals surface area (Å²) >= 11 is 0. The van der Waals surface area contributed by atoms with Crippen LogP contribution in [-0.2, 0) is 0 Å². The van der Waals surface area contributed by atoms with Crippen molar-refractivity contribution in [3.8, 4) is 0 Å². The van der Waals surface area contributed by atoms with Crippen molar-refractivity contribution in [2.24, 2.45) is 11.8 Å². The fourth-order valence-corrected chi connectivity index (χ4v) is 2.26. The molecule has 19 heavy (non-hydrogen) atoms. The molecule has 0 unspecified atom stereocenters. The van der Waals surface area contributed by atoms with Crippen LogP contribution in [0.1, 0.15) is 0 Å². The molecule has 1 fully saturated rings. The van der Waals surface area contributed by atoms with E-state index >= 15 is 0 Å². The van der Waals surface area contributed by atoms with E-state index in [4.69, 9.17) is 15.9 Å². The molecular weight excluding hydrogens is 250 g/mol. The molecule has 3 rings (SSSR count). The van der Waals surface area contributed by atoms with Gasteiger partial charge in [-0.15, -0.1) is 0 Å². The van der Waals surface area contributed by atoms with Crippen LogP contribution in [0.3, 0.4) is 0 Å². The summed E-state index contributed by atoms with van der Waals surface area (Å²) in [6.07, 6.45) is 3.18. The van der Waals surface area contributed by atoms with Gasteiger partial charge in [0.25, 0.3) is 5.56 Å². The van der Waals surface area contributed by atoms with E-state index < -0.39 is 5.56 Å². The lowest BCUT2D eigenvalue weighted by molar-refractivity contribution is 0.232. The first-order valence-corrected chi connectivity index (χ1v) is 5.81. The van der Waals surface area contributed by atoms with E-state index in [9.17, 15) is 4.79 Å². The number of aromatic nitrogens is 4. The maximum Gasteiger partial charge on any atom is 0.280 e. The van der Waals surface area contributed by atoms with Gasteiger partial charge in [-0.1, -0.05) is 0 Å². The molecule has 1 aliphatic rings. The predicted molar refractivity (Wildman–Crippen MR) is 68.0 cm³/mol. The average molecular weight is 263 g/mol. The lowest BCUT2D eigenvalue weighted by Gasteiger charge is -1.96. The Morgan fingerprint density at radius 2 is 2.11 bits per heavy atom. The molecule has 0 radical (unpaired) electrons. The van der Waals surface area contributed by atoms with Gasteiger partial charge in [0.05, 0.1) is 13.2 Å². The van der Waals surface area contributed by atoms with Gasteiger partial charge in [-0.05, 0) is 5.57 Å². The zero-order chi connectivity index (χ0) is 13.6. The van der Waals surface area contributed by atoms with Crippen LogP contribution in [0.4, 0.5) is 5.95 Å². The summed E-state index contributed by atoms with van der Waals surface area (Å²) in [5.74, 6) is -0.0607. The maximum atomic E-state index is 11.6. The fourth-order valence-electron chi connectivity index (χ4n) is 2.26. The van der Waals surface area contributed by atoms with Crippen LogP contribution < -0.4 is 11.3 Å². The van der Waals surface area contributed by atoms with Crippen molar-refractivity contribution in [1.82, 2.24) is 19.5 Å². The molecule has 0 aliphatic heterocycles. The van der Waals surface area contributed by atoms with Crippen molar-refractivity contribution in [3.05, 3.63) is 22.3 Å². The Morgan fingerprint density at radius 3 is 2.74 bits per heavy atom. The van der Waals surface area contributed by atoms with Crippen LogP contribution in [-0.4, -0.2) is 42.9 Å². The van der Waals surface area contributed by atoms with Crippen molar-refractivity contribution < 1.29 is 10.2 Å². The van der Waals surface area contributed by atoms with Crippen LogP contribution in [0.5, 0.6) is 0 Å². The maximum absolute atomic E-state index is 11.6. The largest absolute Gasteiger partial charge is 0.396 e. The Labute approximate surface area is 107 Å². The molecule has 1 saturated carbocycles. The quantitative estimate of drug-likeness (QED) is 0.548. The van der Waals surface area contributed by atoms with E-state index in [2.05, 4.69) is 15.0 Å². The van der Waals surface area contributed by atoms with Crippen molar-refractivity contribution in [2.75, 3.05) is 18.9 Å². The summed E-state index contributed by atoms with van der Waals surface area (Å²) in [5.41, 5.74) is 6.57. The molecule has 2 aromatic heterocycles. The first-order valence-electron chi connectivity index (χ1n) is 5.81. The summed E-state index contributed by atoms with van der Waals surface area (Å²) in [7, 11) is 0. The molecule has 2 heterocycles. The van der Waals surface area contributed by atoms with Gasteiger partial charge in [0.1, 0.15) is 6.33 Å². The number of aromatic amines is 1. The van der Waals surface area contributed by atoms with Crippen LogP contribution in [0.2, 0.25) is 0 Å². The second kappa shape index (κ2) is 4.18. The van der Waals surface area contributed by atoms with E-state index in [0.29, 0.717) is 5.65 Å². The number of hydrogen-bond donors (Lipinski definition) is 4. The van der Waals surface area contributed by atoms with Gasteiger partial charge in [-0.25, -0.2) is 4.98 Å². The third-order valence-corrected chi connectivity index (χ3v) is 3.37. The van der Waals surface area contributed by atoms with Crippen LogP contribution in [0.15, 0.2) is 16.7 Å². The van der Waals surface area contributed by atoms with Gasteiger partial charge in [-0.3, -0.25) is 14.3 Å². The number of nitrogen functional groups attached to an aromatic ring is 1. The highest BCUT2D eigenvalue weighted by atomic mass is 16.3. The Balaban J connectivity index is 2.08. The minimum atomic E-state index is -0.395. The fraction of sp³-hybridized carbons (Fsp3) is 0.364. The summed E-state index contributed by atoms with van der Waals surface area (Å²) < 4.78 is 1.58. The highest BCUT2D eigenvalue weighted by Gasteiger charge is 2.43. The summed E-state index contributed by atoms with van der Waals surface area (Å²) in [6.45, 7) is -0.0281. The van der Waals surface area contributed by atoms with Crippen molar-refractivity contribution in [1.29, 1.82) is 0 Å². The molecule has 100 valence electrons. The summed E-state index contributed by atoms with van der Waals surface area (Å²) in [5, 5.41) is 18.3. The minimum absolute atomic E-state index is 0.0140. The number of rotatable bonds is 3. The lowest BCUT2D eigenvalue weighted by atomic mass is 10.3. The monoisotopic (exact) mass is 263 g/mol. The molecule has 2 aromatic rings. The number of aliphatic hydroxyl groups is 2. The first kappa shape index (κ1) is 11.9. The molecule has 0 amide bonds. The van der Waals surface area contributed by atoms with E-state index in [0.717, 1.165) is 5.57 Å². The number of H-pyrrole nitrogens is 1. The number of hydrogen-bond acceptors (Lipinski definition) is 6. The molecule has 0 spiro atoms. The van der Waals surface area contributed by atoms with Gasteiger partial charge in [0.15, 0.2) is 11.2 Å². The number of imidazole rings is 1. The van der Waals surface area contributed by atoms with Crippen LogP contribution in [0, 0.1) is 11.8 Å². The summed E-state index contributed by atoms with van der Waals surface area (Å²) in [6, 6.07) is 0. The van der Waals surface area contributed by atoms with Gasteiger partial charge >= 0.3 is 0 Å². The first-order chi connectivity index (χ1) is 9.15. The highest BCUT2D eigenvalue weighted by molar-refractivity contribution is 5.73. The van der Waals surface area contributed by atoms with E-state index in [1.165, 1.54) is 6.33 Å². The van der Waals surface area contributed by atoms with Crippen molar-refractivity contribution in [3.63, 3.8) is 0 Å². The number of fused-ring (bicyclic) bond motifs is 1. The van der Waals surface area contributed by atoms with Gasteiger partial charge in [-0.2, -0.15) is 4.98 Å². The smallest absolute Gasteiger partial charge is 0.280 e.